The third kappa shape index (κ3) is 2.71. The van der Waals surface area contributed by atoms with Gasteiger partial charge in [0.15, 0.2) is 0 Å². The molecule has 0 spiro atoms. The van der Waals surface area contributed by atoms with E-state index in [-0.39, 0.29) is 5.54 Å². The van der Waals surface area contributed by atoms with E-state index in [0.717, 1.165) is 32.4 Å². The molecule has 2 fully saturated rings. The fourth-order valence-electron chi connectivity index (χ4n) is 3.90. The van der Waals surface area contributed by atoms with Gasteiger partial charge in [0.25, 0.3) is 0 Å². The molecule has 1 aromatic carbocycles. The fourth-order valence-corrected chi connectivity index (χ4v) is 3.90. The van der Waals surface area contributed by atoms with E-state index in [9.17, 15) is 4.79 Å². The van der Waals surface area contributed by atoms with Crippen LogP contribution in [0, 0.1) is 6.92 Å². The number of amides is 1. The lowest BCUT2D eigenvalue weighted by atomic mass is 9.84. The molecule has 2 heterocycles. The van der Waals surface area contributed by atoms with Crippen molar-refractivity contribution < 1.29 is 4.79 Å². The molecule has 3 nitrogen and oxygen atoms in total. The smallest absolute Gasteiger partial charge is 0.223 e. The van der Waals surface area contributed by atoms with Gasteiger partial charge in [0.05, 0.1) is 5.54 Å². The maximum absolute atomic E-state index is 12.7. The molecule has 1 aromatic rings. The number of rotatable bonds is 2. The molecule has 2 atom stereocenters. The monoisotopic (exact) mass is 286 g/mol. The molecule has 0 aliphatic carbocycles. The van der Waals surface area contributed by atoms with Crippen molar-refractivity contribution in [2.75, 3.05) is 6.54 Å². The first-order chi connectivity index (χ1) is 10.1. The number of carbonyl (C=O) groups excluding carboxylic acids is 1. The number of nitrogens with one attached hydrogen (secondary N) is 1. The fraction of sp³-hybridized carbons (Fsp3) is 0.611. The molecule has 3 heteroatoms. The Hall–Kier alpha value is -1.35. The number of hydrogen-bond acceptors (Lipinski definition) is 2. The lowest BCUT2D eigenvalue weighted by molar-refractivity contribution is -0.139. The van der Waals surface area contributed by atoms with Crippen LogP contribution in [0.1, 0.15) is 50.2 Å². The number of benzene rings is 1. The highest BCUT2D eigenvalue weighted by Crippen LogP contribution is 2.35. The zero-order valence-electron chi connectivity index (χ0n) is 13.2. The number of carbonyl (C=O) groups is 1. The Kier molecular flexibility index (Phi) is 4.03. The van der Waals surface area contributed by atoms with Gasteiger partial charge in [-0.25, -0.2) is 0 Å². The van der Waals surface area contributed by atoms with E-state index in [4.69, 9.17) is 0 Å². The largest absolute Gasteiger partial charge is 0.331 e. The Labute approximate surface area is 127 Å². The summed E-state index contributed by atoms with van der Waals surface area (Å²) in [5, 5.41) is 3.62. The van der Waals surface area contributed by atoms with Crippen molar-refractivity contribution in [3.05, 3.63) is 35.4 Å². The molecule has 2 aliphatic rings. The molecule has 0 bridgehead atoms. The molecule has 1 unspecified atom stereocenters. The summed E-state index contributed by atoms with van der Waals surface area (Å²) in [4.78, 5) is 14.9. The number of nitrogens with zero attached hydrogens (tertiary/aromatic N) is 1. The molecule has 2 aliphatic heterocycles. The van der Waals surface area contributed by atoms with Crippen LogP contribution in [0.5, 0.6) is 0 Å². The van der Waals surface area contributed by atoms with Crippen LogP contribution in [0.15, 0.2) is 24.3 Å². The maximum atomic E-state index is 12.7. The summed E-state index contributed by atoms with van der Waals surface area (Å²) in [6.07, 6.45) is 5.14. The van der Waals surface area contributed by atoms with Crippen molar-refractivity contribution in [1.29, 1.82) is 0 Å². The number of aryl methyl sites for hydroxylation is 1. The van der Waals surface area contributed by atoms with E-state index < -0.39 is 0 Å². The van der Waals surface area contributed by atoms with Gasteiger partial charge in [0, 0.05) is 19.0 Å². The van der Waals surface area contributed by atoms with Crippen molar-refractivity contribution >= 4 is 5.91 Å². The van der Waals surface area contributed by atoms with E-state index in [2.05, 4.69) is 48.3 Å². The molecule has 2 saturated heterocycles. The van der Waals surface area contributed by atoms with Crippen LogP contribution in [-0.2, 0) is 11.3 Å². The summed E-state index contributed by atoms with van der Waals surface area (Å²) in [5.74, 6) is 0.328. The standard InChI is InChI=1S/C18H26N2O/c1-14-7-3-4-8-15(14)13-20-17(21)10-6-5-9-16-18(20,2)11-12-19-16/h3-4,7-8,16,19H,5-6,9-13H2,1-2H3/t16?,18-/m0/s1. The van der Waals surface area contributed by atoms with Crippen molar-refractivity contribution in [1.82, 2.24) is 10.2 Å². The SMILES string of the molecule is Cc1ccccc1CN1C(=O)CCCCC2NCC[C@@]21C. The van der Waals surface area contributed by atoms with Crippen LogP contribution in [0.2, 0.25) is 0 Å². The number of hydrogen-bond donors (Lipinski definition) is 1. The second kappa shape index (κ2) is 5.80. The summed E-state index contributed by atoms with van der Waals surface area (Å²) in [5.41, 5.74) is 2.52. The predicted octanol–water partition coefficient (Wildman–Crippen LogP) is 3.02. The van der Waals surface area contributed by atoms with Gasteiger partial charge in [-0.15, -0.1) is 0 Å². The summed E-state index contributed by atoms with van der Waals surface area (Å²) in [6.45, 7) is 6.19. The zero-order chi connectivity index (χ0) is 14.9. The van der Waals surface area contributed by atoms with Crippen LogP contribution in [0.4, 0.5) is 0 Å². The molecule has 0 radical (unpaired) electrons. The van der Waals surface area contributed by atoms with Gasteiger partial charge in [-0.05, 0) is 50.8 Å². The third-order valence-corrected chi connectivity index (χ3v) is 5.41. The van der Waals surface area contributed by atoms with Crippen molar-refractivity contribution in [3.8, 4) is 0 Å². The minimum absolute atomic E-state index is 0.0280. The zero-order valence-corrected chi connectivity index (χ0v) is 13.2. The Bertz CT molecular complexity index is 528. The first kappa shape index (κ1) is 14.6. The van der Waals surface area contributed by atoms with Crippen molar-refractivity contribution in [2.24, 2.45) is 0 Å². The Morgan fingerprint density at radius 3 is 2.95 bits per heavy atom. The second-order valence-electron chi connectivity index (χ2n) is 6.77. The number of likely N-dealkylation sites (tertiary alicyclic amines) is 1. The Balaban J connectivity index is 1.91. The first-order valence-corrected chi connectivity index (χ1v) is 8.19. The normalized spacial score (nSPS) is 29.9. The minimum Gasteiger partial charge on any atom is -0.331 e. The summed E-state index contributed by atoms with van der Waals surface area (Å²) >= 11 is 0. The average Bonchev–Trinajstić information content (AvgIpc) is 2.83. The third-order valence-electron chi connectivity index (χ3n) is 5.41. The average molecular weight is 286 g/mol. The van der Waals surface area contributed by atoms with Crippen LogP contribution in [0.3, 0.4) is 0 Å². The lowest BCUT2D eigenvalue weighted by Gasteiger charge is -2.44. The molecule has 0 aromatic heterocycles. The Morgan fingerprint density at radius 2 is 2.14 bits per heavy atom. The van der Waals surface area contributed by atoms with Crippen molar-refractivity contribution in [3.63, 3.8) is 0 Å². The van der Waals surface area contributed by atoms with Gasteiger partial charge in [-0.1, -0.05) is 30.7 Å². The van der Waals surface area contributed by atoms with Crippen LogP contribution < -0.4 is 5.32 Å². The summed E-state index contributed by atoms with van der Waals surface area (Å²) in [7, 11) is 0. The summed E-state index contributed by atoms with van der Waals surface area (Å²) < 4.78 is 0. The highest BCUT2D eigenvalue weighted by molar-refractivity contribution is 5.77. The van der Waals surface area contributed by atoms with E-state index in [1.807, 2.05) is 0 Å². The lowest BCUT2D eigenvalue weighted by Crippen LogP contribution is -2.56. The van der Waals surface area contributed by atoms with Gasteiger partial charge >= 0.3 is 0 Å². The maximum Gasteiger partial charge on any atom is 0.223 e. The van der Waals surface area contributed by atoms with Gasteiger partial charge < -0.3 is 10.2 Å². The van der Waals surface area contributed by atoms with E-state index in [1.165, 1.54) is 17.5 Å². The molecule has 1 amide bonds. The van der Waals surface area contributed by atoms with E-state index >= 15 is 0 Å². The molecule has 3 rings (SSSR count). The van der Waals surface area contributed by atoms with Crippen LogP contribution in [-0.4, -0.2) is 28.9 Å². The quantitative estimate of drug-likeness (QED) is 0.906. The highest BCUT2D eigenvalue weighted by atomic mass is 16.2. The second-order valence-corrected chi connectivity index (χ2v) is 6.77. The molecule has 1 N–H and O–H groups in total. The number of fused-ring (bicyclic) bond motifs is 1. The van der Waals surface area contributed by atoms with Gasteiger partial charge in [-0.3, -0.25) is 4.79 Å². The Morgan fingerprint density at radius 1 is 1.33 bits per heavy atom. The highest BCUT2D eigenvalue weighted by Gasteiger charge is 2.45. The predicted molar refractivity (Wildman–Crippen MR) is 85.0 cm³/mol. The van der Waals surface area contributed by atoms with Crippen LogP contribution in [0.25, 0.3) is 0 Å². The van der Waals surface area contributed by atoms with Gasteiger partial charge in [-0.2, -0.15) is 0 Å². The summed E-state index contributed by atoms with van der Waals surface area (Å²) in [6, 6.07) is 8.88. The molecule has 21 heavy (non-hydrogen) atoms. The molecular weight excluding hydrogens is 260 g/mol. The van der Waals surface area contributed by atoms with Crippen molar-refractivity contribution in [2.45, 2.75) is 64.1 Å². The topological polar surface area (TPSA) is 32.3 Å². The molecule has 114 valence electrons. The minimum atomic E-state index is -0.0280. The van der Waals surface area contributed by atoms with E-state index in [0.29, 0.717) is 18.4 Å². The molecular formula is C18H26N2O. The van der Waals surface area contributed by atoms with E-state index in [1.54, 1.807) is 0 Å². The van der Waals surface area contributed by atoms with Crippen LogP contribution >= 0.6 is 0 Å². The first-order valence-electron chi connectivity index (χ1n) is 8.19. The molecule has 0 saturated carbocycles. The van der Waals surface area contributed by atoms with Gasteiger partial charge in [0.2, 0.25) is 5.91 Å². The van der Waals surface area contributed by atoms with Gasteiger partial charge in [0.1, 0.15) is 0 Å².